The molecule has 0 atom stereocenters. The van der Waals surface area contributed by atoms with E-state index in [0.29, 0.717) is 5.75 Å². The van der Waals surface area contributed by atoms with Crippen LogP contribution >= 0.6 is 0 Å². The van der Waals surface area contributed by atoms with Crippen molar-refractivity contribution in [2.24, 2.45) is 7.05 Å². The van der Waals surface area contributed by atoms with Gasteiger partial charge in [-0.3, -0.25) is 4.68 Å². The Bertz CT molecular complexity index is 808. The molecule has 0 spiro atoms. The molecule has 2 aromatic heterocycles. The summed E-state index contributed by atoms with van der Waals surface area (Å²) in [6.07, 6.45) is 3.10. The number of hydrogen-bond donors (Lipinski definition) is 0. The van der Waals surface area contributed by atoms with Gasteiger partial charge in [0.1, 0.15) is 29.6 Å². The van der Waals surface area contributed by atoms with Gasteiger partial charge in [-0.1, -0.05) is 13.8 Å². The molecule has 0 aliphatic rings. The van der Waals surface area contributed by atoms with Crippen molar-refractivity contribution in [1.82, 2.24) is 14.8 Å². The lowest BCUT2D eigenvalue weighted by Gasteiger charge is -2.12. The van der Waals surface area contributed by atoms with Gasteiger partial charge in [0, 0.05) is 30.8 Å². The molecule has 5 nitrogen and oxygen atoms in total. The summed E-state index contributed by atoms with van der Waals surface area (Å²) < 4.78 is 26.6. The number of ether oxygens (including phenoxy) is 1. The first kappa shape index (κ1) is 15.3. The molecule has 6 heteroatoms. The average Bonchev–Trinajstić information content (AvgIpc) is 3.14. The molecule has 2 heterocycles. The Labute approximate surface area is 133 Å². The van der Waals surface area contributed by atoms with Crippen LogP contribution in [-0.2, 0) is 13.7 Å². The summed E-state index contributed by atoms with van der Waals surface area (Å²) in [4.78, 5) is 4.18. The average molecular weight is 315 g/mol. The summed E-state index contributed by atoms with van der Waals surface area (Å²) in [6, 6.07) is 6.33. The van der Waals surface area contributed by atoms with Crippen LogP contribution in [0.4, 0.5) is 4.39 Å². The van der Waals surface area contributed by atoms with E-state index in [9.17, 15) is 4.39 Å². The number of rotatable bonds is 5. The van der Waals surface area contributed by atoms with E-state index >= 15 is 0 Å². The molecular weight excluding hydrogens is 297 g/mol. The summed E-state index contributed by atoms with van der Waals surface area (Å²) in [5.74, 6) is 1.09. The monoisotopic (exact) mass is 315 g/mol. The van der Waals surface area contributed by atoms with Gasteiger partial charge in [-0.05, 0) is 18.2 Å². The first-order valence-electron chi connectivity index (χ1n) is 7.39. The zero-order valence-corrected chi connectivity index (χ0v) is 13.3. The SMILES string of the molecule is CC(C)c1ocnc1COc1cc(F)ccc1-c1ccnn1C. The Morgan fingerprint density at radius 3 is 2.83 bits per heavy atom. The van der Waals surface area contributed by atoms with E-state index in [2.05, 4.69) is 10.1 Å². The van der Waals surface area contributed by atoms with Crippen LogP contribution in [0.25, 0.3) is 11.3 Å². The Kier molecular flexibility index (Phi) is 4.14. The summed E-state index contributed by atoms with van der Waals surface area (Å²) in [7, 11) is 1.83. The maximum absolute atomic E-state index is 13.6. The molecule has 0 aliphatic heterocycles. The maximum atomic E-state index is 13.6. The molecule has 0 unspecified atom stereocenters. The fourth-order valence-corrected chi connectivity index (χ4v) is 2.47. The van der Waals surface area contributed by atoms with Crippen molar-refractivity contribution in [2.45, 2.75) is 26.4 Å². The van der Waals surface area contributed by atoms with Crippen molar-refractivity contribution >= 4 is 0 Å². The lowest BCUT2D eigenvalue weighted by Crippen LogP contribution is -2.03. The van der Waals surface area contributed by atoms with Crippen LogP contribution in [0, 0.1) is 5.82 Å². The van der Waals surface area contributed by atoms with Crippen LogP contribution in [0.3, 0.4) is 0 Å². The van der Waals surface area contributed by atoms with Gasteiger partial charge in [0.25, 0.3) is 0 Å². The standard InChI is InChI=1S/C17H18FN3O2/c1-11(2)17-14(19-10-23-17)9-22-16-8-12(18)4-5-13(16)15-6-7-20-21(15)3/h4-8,10-11H,9H2,1-3H3. The molecule has 120 valence electrons. The molecule has 0 radical (unpaired) electrons. The van der Waals surface area contributed by atoms with Gasteiger partial charge in [0.05, 0.1) is 5.69 Å². The molecule has 0 bridgehead atoms. The van der Waals surface area contributed by atoms with Crippen molar-refractivity contribution in [1.29, 1.82) is 0 Å². The normalized spacial score (nSPS) is 11.2. The molecule has 3 rings (SSSR count). The van der Waals surface area contributed by atoms with E-state index in [-0.39, 0.29) is 18.3 Å². The molecule has 0 saturated carbocycles. The lowest BCUT2D eigenvalue weighted by molar-refractivity contribution is 0.297. The van der Waals surface area contributed by atoms with Gasteiger partial charge >= 0.3 is 0 Å². The second-order valence-electron chi connectivity index (χ2n) is 5.59. The Morgan fingerprint density at radius 2 is 2.13 bits per heavy atom. The van der Waals surface area contributed by atoms with E-state index in [4.69, 9.17) is 9.15 Å². The molecule has 0 N–H and O–H groups in total. The van der Waals surface area contributed by atoms with Gasteiger partial charge in [-0.2, -0.15) is 5.10 Å². The molecule has 1 aromatic carbocycles. The van der Waals surface area contributed by atoms with E-state index in [1.54, 1.807) is 16.9 Å². The third-order valence-corrected chi connectivity index (χ3v) is 3.60. The molecule has 0 aliphatic carbocycles. The predicted octanol–water partition coefficient (Wildman–Crippen LogP) is 3.92. The molecule has 0 fully saturated rings. The minimum Gasteiger partial charge on any atom is -0.486 e. The topological polar surface area (TPSA) is 53.1 Å². The lowest BCUT2D eigenvalue weighted by atomic mass is 10.1. The van der Waals surface area contributed by atoms with E-state index in [1.165, 1.54) is 18.5 Å². The number of benzene rings is 1. The van der Waals surface area contributed by atoms with Gasteiger partial charge < -0.3 is 9.15 Å². The fraction of sp³-hybridized carbons (Fsp3) is 0.294. The summed E-state index contributed by atoms with van der Waals surface area (Å²) in [5, 5.41) is 4.14. The number of oxazole rings is 1. The van der Waals surface area contributed by atoms with Crippen LogP contribution in [0.1, 0.15) is 31.2 Å². The number of hydrogen-bond acceptors (Lipinski definition) is 4. The maximum Gasteiger partial charge on any atom is 0.181 e. The second kappa shape index (κ2) is 6.24. The van der Waals surface area contributed by atoms with Crippen LogP contribution in [0.15, 0.2) is 41.3 Å². The molecule has 3 aromatic rings. The third-order valence-electron chi connectivity index (χ3n) is 3.60. The van der Waals surface area contributed by atoms with E-state index in [0.717, 1.165) is 22.7 Å². The van der Waals surface area contributed by atoms with Crippen molar-refractivity contribution in [3.05, 3.63) is 54.1 Å². The summed E-state index contributed by atoms with van der Waals surface area (Å²) >= 11 is 0. The predicted molar refractivity (Wildman–Crippen MR) is 83.5 cm³/mol. The number of aryl methyl sites for hydroxylation is 1. The number of halogens is 1. The summed E-state index contributed by atoms with van der Waals surface area (Å²) in [6.45, 7) is 4.26. The van der Waals surface area contributed by atoms with E-state index < -0.39 is 0 Å². The van der Waals surface area contributed by atoms with Crippen LogP contribution in [0.2, 0.25) is 0 Å². The minimum atomic E-state index is -0.352. The first-order chi connectivity index (χ1) is 11.1. The van der Waals surface area contributed by atoms with Gasteiger partial charge in [-0.25, -0.2) is 9.37 Å². The van der Waals surface area contributed by atoms with Gasteiger partial charge in [-0.15, -0.1) is 0 Å². The fourth-order valence-electron chi connectivity index (χ4n) is 2.47. The van der Waals surface area contributed by atoms with E-state index in [1.807, 2.05) is 27.0 Å². The smallest absolute Gasteiger partial charge is 0.181 e. The van der Waals surface area contributed by atoms with Crippen LogP contribution in [0.5, 0.6) is 5.75 Å². The molecule has 0 saturated heterocycles. The quantitative estimate of drug-likeness (QED) is 0.716. The Hall–Kier alpha value is -2.63. The van der Waals surface area contributed by atoms with Crippen LogP contribution in [-0.4, -0.2) is 14.8 Å². The summed E-state index contributed by atoms with van der Waals surface area (Å²) in [5.41, 5.74) is 2.35. The number of aromatic nitrogens is 3. The van der Waals surface area contributed by atoms with Crippen LogP contribution < -0.4 is 4.74 Å². The highest BCUT2D eigenvalue weighted by molar-refractivity contribution is 5.67. The molecule has 23 heavy (non-hydrogen) atoms. The van der Waals surface area contributed by atoms with Gasteiger partial charge in [0.2, 0.25) is 0 Å². The second-order valence-corrected chi connectivity index (χ2v) is 5.59. The minimum absolute atomic E-state index is 0.208. The van der Waals surface area contributed by atoms with Crippen molar-refractivity contribution < 1.29 is 13.5 Å². The third kappa shape index (κ3) is 3.11. The van der Waals surface area contributed by atoms with Gasteiger partial charge in [0.15, 0.2) is 6.39 Å². The zero-order valence-electron chi connectivity index (χ0n) is 13.3. The largest absolute Gasteiger partial charge is 0.486 e. The zero-order chi connectivity index (χ0) is 16.4. The highest BCUT2D eigenvalue weighted by Crippen LogP contribution is 2.31. The highest BCUT2D eigenvalue weighted by Gasteiger charge is 2.15. The van der Waals surface area contributed by atoms with Crippen molar-refractivity contribution in [2.75, 3.05) is 0 Å². The Morgan fingerprint density at radius 1 is 1.30 bits per heavy atom. The molecule has 0 amide bonds. The number of nitrogens with zero attached hydrogens (tertiary/aromatic N) is 3. The van der Waals surface area contributed by atoms with Crippen molar-refractivity contribution in [3.8, 4) is 17.0 Å². The Balaban J connectivity index is 1.89. The van der Waals surface area contributed by atoms with Crippen molar-refractivity contribution in [3.63, 3.8) is 0 Å². The highest BCUT2D eigenvalue weighted by atomic mass is 19.1. The first-order valence-corrected chi connectivity index (χ1v) is 7.39. The molecular formula is C17H18FN3O2.